The number of anilines is 1. The molecule has 0 saturated carbocycles. The van der Waals surface area contributed by atoms with Gasteiger partial charge in [0.2, 0.25) is 5.91 Å². The Bertz CT molecular complexity index is 1040. The van der Waals surface area contributed by atoms with E-state index in [1.54, 1.807) is 12.1 Å². The lowest BCUT2D eigenvalue weighted by molar-refractivity contribution is -0.384. The Morgan fingerprint density at radius 3 is 2.40 bits per heavy atom. The lowest BCUT2D eigenvalue weighted by Gasteiger charge is -2.15. The SMILES string of the molecule is CCC(Sc1nnc(-c2ccc([N+](=O)[O-])cc2)n1CC)C(=O)Nc1ccc(Br)cc1. The van der Waals surface area contributed by atoms with Crippen LogP contribution < -0.4 is 5.32 Å². The van der Waals surface area contributed by atoms with Crippen LogP contribution >= 0.6 is 27.7 Å². The first-order chi connectivity index (χ1) is 14.4. The van der Waals surface area contributed by atoms with Gasteiger partial charge in [0, 0.05) is 34.4 Å². The number of nitrogens with one attached hydrogen (secondary N) is 1. The minimum Gasteiger partial charge on any atom is -0.325 e. The lowest BCUT2D eigenvalue weighted by atomic mass is 10.2. The number of amides is 1. The maximum absolute atomic E-state index is 12.7. The van der Waals surface area contributed by atoms with E-state index in [1.165, 1.54) is 23.9 Å². The van der Waals surface area contributed by atoms with Gasteiger partial charge in [0.05, 0.1) is 10.2 Å². The van der Waals surface area contributed by atoms with E-state index in [0.717, 1.165) is 15.7 Å². The summed E-state index contributed by atoms with van der Waals surface area (Å²) in [6.07, 6.45) is 0.621. The van der Waals surface area contributed by atoms with Crippen LogP contribution in [0.3, 0.4) is 0 Å². The maximum Gasteiger partial charge on any atom is 0.269 e. The zero-order chi connectivity index (χ0) is 21.7. The van der Waals surface area contributed by atoms with E-state index in [2.05, 4.69) is 31.4 Å². The maximum atomic E-state index is 12.7. The van der Waals surface area contributed by atoms with E-state index in [1.807, 2.05) is 42.7 Å². The van der Waals surface area contributed by atoms with Gasteiger partial charge in [-0.2, -0.15) is 0 Å². The molecule has 0 aliphatic heterocycles. The van der Waals surface area contributed by atoms with E-state index in [-0.39, 0.29) is 16.8 Å². The van der Waals surface area contributed by atoms with Gasteiger partial charge in [-0.1, -0.05) is 34.6 Å². The topological polar surface area (TPSA) is 103 Å². The van der Waals surface area contributed by atoms with Gasteiger partial charge >= 0.3 is 0 Å². The van der Waals surface area contributed by atoms with E-state index in [4.69, 9.17) is 0 Å². The number of nitro groups is 1. The first-order valence-corrected chi connectivity index (χ1v) is 11.0. The van der Waals surface area contributed by atoms with Crippen molar-refractivity contribution in [2.75, 3.05) is 5.32 Å². The van der Waals surface area contributed by atoms with Gasteiger partial charge in [-0.05, 0) is 49.7 Å². The van der Waals surface area contributed by atoms with Gasteiger partial charge in [0.25, 0.3) is 5.69 Å². The molecule has 1 amide bonds. The second-order valence-corrected chi connectivity index (χ2v) is 8.45. The number of hydrogen-bond donors (Lipinski definition) is 1. The van der Waals surface area contributed by atoms with Crippen molar-refractivity contribution in [2.24, 2.45) is 0 Å². The minimum absolute atomic E-state index is 0.0200. The van der Waals surface area contributed by atoms with Gasteiger partial charge in [0.15, 0.2) is 11.0 Å². The third kappa shape index (κ3) is 5.06. The van der Waals surface area contributed by atoms with E-state index in [0.29, 0.717) is 23.9 Å². The number of rotatable bonds is 8. The van der Waals surface area contributed by atoms with Gasteiger partial charge in [-0.3, -0.25) is 14.9 Å². The molecule has 0 fully saturated rings. The molecule has 8 nitrogen and oxygen atoms in total. The Hall–Kier alpha value is -2.72. The normalized spacial score (nSPS) is 11.8. The highest BCUT2D eigenvalue weighted by molar-refractivity contribution is 9.10. The molecule has 1 aromatic heterocycles. The molecular formula is C20H20BrN5O3S. The van der Waals surface area contributed by atoms with E-state index < -0.39 is 4.92 Å². The summed E-state index contributed by atoms with van der Waals surface area (Å²) in [6, 6.07) is 13.6. The van der Waals surface area contributed by atoms with Crippen molar-refractivity contribution in [1.29, 1.82) is 0 Å². The van der Waals surface area contributed by atoms with Crippen LogP contribution in [0, 0.1) is 10.1 Å². The molecule has 0 radical (unpaired) electrons. The van der Waals surface area contributed by atoms with E-state index in [9.17, 15) is 14.9 Å². The first-order valence-electron chi connectivity index (χ1n) is 9.34. The Labute approximate surface area is 186 Å². The molecule has 10 heteroatoms. The van der Waals surface area contributed by atoms with Crippen molar-refractivity contribution in [1.82, 2.24) is 14.8 Å². The molecule has 0 aliphatic carbocycles. The fraction of sp³-hybridized carbons (Fsp3) is 0.250. The number of thioether (sulfide) groups is 1. The third-order valence-electron chi connectivity index (χ3n) is 4.39. The third-order valence-corrected chi connectivity index (χ3v) is 6.27. The molecule has 1 heterocycles. The number of nitrogens with zero attached hydrogens (tertiary/aromatic N) is 4. The van der Waals surface area contributed by atoms with Crippen molar-refractivity contribution in [3.63, 3.8) is 0 Å². The van der Waals surface area contributed by atoms with Crippen LogP contribution in [0.4, 0.5) is 11.4 Å². The van der Waals surface area contributed by atoms with Crippen LogP contribution in [0.15, 0.2) is 58.2 Å². The van der Waals surface area contributed by atoms with Gasteiger partial charge < -0.3 is 9.88 Å². The van der Waals surface area contributed by atoms with Crippen LogP contribution in [0.5, 0.6) is 0 Å². The number of aromatic nitrogens is 3. The van der Waals surface area contributed by atoms with E-state index >= 15 is 0 Å². The quantitative estimate of drug-likeness (QED) is 0.266. The summed E-state index contributed by atoms with van der Waals surface area (Å²) in [5, 5.41) is 22.6. The highest BCUT2D eigenvalue weighted by Crippen LogP contribution is 2.29. The van der Waals surface area contributed by atoms with Crippen LogP contribution in [-0.2, 0) is 11.3 Å². The highest BCUT2D eigenvalue weighted by Gasteiger charge is 2.23. The fourth-order valence-corrected chi connectivity index (χ4v) is 4.09. The number of nitro benzene ring substituents is 1. The van der Waals surface area contributed by atoms with Crippen molar-refractivity contribution in [3.8, 4) is 11.4 Å². The molecule has 156 valence electrons. The molecule has 0 spiro atoms. The summed E-state index contributed by atoms with van der Waals surface area (Å²) < 4.78 is 2.85. The highest BCUT2D eigenvalue weighted by atomic mass is 79.9. The molecule has 3 aromatic rings. The van der Waals surface area contributed by atoms with Crippen molar-refractivity contribution in [3.05, 3.63) is 63.1 Å². The molecule has 30 heavy (non-hydrogen) atoms. The zero-order valence-corrected chi connectivity index (χ0v) is 18.8. The van der Waals surface area contributed by atoms with Crippen molar-refractivity contribution in [2.45, 2.75) is 37.2 Å². The first kappa shape index (κ1) is 22.0. The summed E-state index contributed by atoms with van der Waals surface area (Å²) in [5.41, 5.74) is 1.48. The number of carbonyl (C=O) groups is 1. The number of hydrogen-bond acceptors (Lipinski definition) is 6. The Morgan fingerprint density at radius 2 is 1.83 bits per heavy atom. The summed E-state index contributed by atoms with van der Waals surface area (Å²) in [4.78, 5) is 23.2. The van der Waals surface area contributed by atoms with Crippen molar-refractivity contribution < 1.29 is 9.72 Å². The predicted octanol–water partition coefficient (Wildman–Crippen LogP) is 5.15. The zero-order valence-electron chi connectivity index (χ0n) is 16.4. The molecule has 1 atom stereocenters. The standard InChI is InChI=1S/C20H20BrN5O3S/c1-3-17(19(27)22-15-9-7-14(21)8-10-15)30-20-24-23-18(25(20)4-2)13-5-11-16(12-6-13)26(28)29/h5-12,17H,3-4H2,1-2H3,(H,22,27). The molecule has 2 aromatic carbocycles. The second-order valence-electron chi connectivity index (χ2n) is 6.37. The Morgan fingerprint density at radius 1 is 1.17 bits per heavy atom. The summed E-state index contributed by atoms with van der Waals surface area (Å²) >= 11 is 4.73. The van der Waals surface area contributed by atoms with Gasteiger partial charge in [-0.25, -0.2) is 0 Å². The number of halogens is 1. The number of benzene rings is 2. The van der Waals surface area contributed by atoms with Crippen LogP contribution in [0.25, 0.3) is 11.4 Å². The monoisotopic (exact) mass is 489 g/mol. The molecule has 0 aliphatic rings. The minimum atomic E-state index is -0.439. The number of carbonyl (C=O) groups excluding carboxylic acids is 1. The Kier molecular flexibility index (Phi) is 7.22. The summed E-state index contributed by atoms with van der Waals surface area (Å²) in [7, 11) is 0. The summed E-state index contributed by atoms with van der Waals surface area (Å²) in [6.45, 7) is 4.51. The fourth-order valence-electron chi connectivity index (χ4n) is 2.81. The van der Waals surface area contributed by atoms with Gasteiger partial charge in [0.1, 0.15) is 0 Å². The predicted molar refractivity (Wildman–Crippen MR) is 120 cm³/mol. The molecule has 0 bridgehead atoms. The smallest absolute Gasteiger partial charge is 0.269 e. The molecule has 1 unspecified atom stereocenters. The van der Waals surface area contributed by atoms with Crippen molar-refractivity contribution >= 4 is 45.0 Å². The molecule has 3 rings (SSSR count). The lowest BCUT2D eigenvalue weighted by Crippen LogP contribution is -2.25. The average Bonchev–Trinajstić information content (AvgIpc) is 3.16. The Balaban J connectivity index is 1.78. The largest absolute Gasteiger partial charge is 0.325 e. The van der Waals surface area contributed by atoms with Crippen LogP contribution in [-0.4, -0.2) is 30.8 Å². The van der Waals surface area contributed by atoms with Crippen LogP contribution in [0.2, 0.25) is 0 Å². The molecule has 0 saturated heterocycles. The summed E-state index contributed by atoms with van der Waals surface area (Å²) in [5.74, 6) is 0.505. The molecular weight excluding hydrogens is 470 g/mol. The molecule has 1 N–H and O–H groups in total. The number of non-ortho nitro benzene ring substituents is 1. The van der Waals surface area contributed by atoms with Crippen LogP contribution in [0.1, 0.15) is 20.3 Å². The van der Waals surface area contributed by atoms with Gasteiger partial charge in [-0.15, -0.1) is 10.2 Å². The average molecular weight is 490 g/mol. The second kappa shape index (κ2) is 9.86.